The highest BCUT2D eigenvalue weighted by molar-refractivity contribution is 6.30. The quantitative estimate of drug-likeness (QED) is 0.351. The predicted octanol–water partition coefficient (Wildman–Crippen LogP) is 6.68. The fourth-order valence-corrected chi connectivity index (χ4v) is 5.24. The van der Waals surface area contributed by atoms with Gasteiger partial charge in [0.2, 0.25) is 0 Å². The molecular weight excluding hydrogens is 531 g/mol. The number of ether oxygens (including phenoxy) is 2. The summed E-state index contributed by atoms with van der Waals surface area (Å²) in [6, 6.07) is 18.9. The molecule has 2 aliphatic heterocycles. The van der Waals surface area contributed by atoms with Crippen LogP contribution in [0.3, 0.4) is 0 Å². The number of amides is 2. The Kier molecular flexibility index (Phi) is 8.02. The SMILES string of the molecule is C[C@@H]1CN(C(CN2C(=O)NCC2c2cccc(C(F)(F)F)c2)c2ccc(Oc3ccc(Cl)cc3)cc2)CCO1. The van der Waals surface area contributed by atoms with Crippen molar-refractivity contribution in [1.29, 1.82) is 0 Å². The molecular formula is C29H29ClF3N3O3. The van der Waals surface area contributed by atoms with E-state index >= 15 is 0 Å². The Balaban J connectivity index is 1.40. The molecule has 5 rings (SSSR count). The Morgan fingerprint density at radius 1 is 1.08 bits per heavy atom. The zero-order valence-corrected chi connectivity index (χ0v) is 22.1. The molecule has 0 aromatic heterocycles. The third kappa shape index (κ3) is 6.49. The summed E-state index contributed by atoms with van der Waals surface area (Å²) in [5.41, 5.74) is 0.688. The zero-order valence-electron chi connectivity index (χ0n) is 21.3. The second kappa shape index (κ2) is 11.5. The van der Waals surface area contributed by atoms with Crippen molar-refractivity contribution in [2.45, 2.75) is 31.3 Å². The molecule has 39 heavy (non-hydrogen) atoms. The molecule has 3 atom stereocenters. The third-order valence-electron chi connectivity index (χ3n) is 7.08. The molecule has 0 saturated carbocycles. The van der Waals surface area contributed by atoms with Gasteiger partial charge in [-0.05, 0) is 66.6 Å². The molecule has 2 saturated heterocycles. The van der Waals surface area contributed by atoms with Crippen molar-refractivity contribution in [2.24, 2.45) is 0 Å². The molecule has 2 unspecified atom stereocenters. The molecule has 0 aliphatic carbocycles. The molecule has 3 aromatic carbocycles. The van der Waals surface area contributed by atoms with E-state index < -0.39 is 17.8 Å². The molecule has 0 bridgehead atoms. The van der Waals surface area contributed by atoms with E-state index in [-0.39, 0.29) is 24.7 Å². The first-order valence-corrected chi connectivity index (χ1v) is 13.2. The van der Waals surface area contributed by atoms with Crippen LogP contribution in [-0.2, 0) is 10.9 Å². The van der Waals surface area contributed by atoms with Crippen molar-refractivity contribution >= 4 is 17.6 Å². The minimum Gasteiger partial charge on any atom is -0.457 e. The van der Waals surface area contributed by atoms with Crippen molar-refractivity contribution in [1.82, 2.24) is 15.1 Å². The second-order valence-electron chi connectivity index (χ2n) is 9.79. The number of hydrogen-bond acceptors (Lipinski definition) is 4. The minimum absolute atomic E-state index is 0.0143. The van der Waals surface area contributed by atoms with E-state index in [4.69, 9.17) is 21.1 Å². The molecule has 206 valence electrons. The molecule has 0 spiro atoms. The van der Waals surface area contributed by atoms with Crippen LogP contribution in [0.1, 0.15) is 35.7 Å². The molecule has 1 N–H and O–H groups in total. The van der Waals surface area contributed by atoms with Gasteiger partial charge in [0.25, 0.3) is 0 Å². The Morgan fingerprint density at radius 3 is 2.44 bits per heavy atom. The van der Waals surface area contributed by atoms with Gasteiger partial charge in [-0.25, -0.2) is 4.79 Å². The zero-order chi connectivity index (χ0) is 27.6. The fraction of sp³-hybridized carbons (Fsp3) is 0.345. The molecule has 2 fully saturated rings. The topological polar surface area (TPSA) is 54.0 Å². The average Bonchev–Trinajstić information content (AvgIpc) is 3.28. The van der Waals surface area contributed by atoms with Crippen LogP contribution in [0.5, 0.6) is 11.5 Å². The molecule has 3 aromatic rings. The number of nitrogens with zero attached hydrogens (tertiary/aromatic N) is 2. The van der Waals surface area contributed by atoms with E-state index in [0.29, 0.717) is 48.3 Å². The largest absolute Gasteiger partial charge is 0.457 e. The number of nitrogens with one attached hydrogen (secondary N) is 1. The predicted molar refractivity (Wildman–Crippen MR) is 142 cm³/mol. The first-order chi connectivity index (χ1) is 18.7. The maximum Gasteiger partial charge on any atom is 0.416 e. The van der Waals surface area contributed by atoms with Crippen molar-refractivity contribution in [3.63, 3.8) is 0 Å². The van der Waals surface area contributed by atoms with Crippen LogP contribution in [0, 0.1) is 0 Å². The maximum atomic E-state index is 13.4. The minimum atomic E-state index is -4.46. The van der Waals surface area contributed by atoms with E-state index in [2.05, 4.69) is 10.2 Å². The standard InChI is InChI=1S/C29H29ClF3N3O3/c1-19-17-35(13-14-38-19)27(20-5-9-24(10-6-20)39-25-11-7-23(30)8-12-25)18-36-26(16-34-28(36)37)21-3-2-4-22(15-21)29(31,32)33/h2-12,15,19,26-27H,13-14,16-18H2,1H3,(H,34,37)/t19-,26?,27?/m1/s1. The van der Waals surface area contributed by atoms with Crippen LogP contribution in [0.2, 0.25) is 5.02 Å². The Bertz CT molecular complexity index is 1290. The van der Waals surface area contributed by atoms with Crippen LogP contribution < -0.4 is 10.1 Å². The van der Waals surface area contributed by atoms with Crippen LogP contribution in [0.25, 0.3) is 0 Å². The van der Waals surface area contributed by atoms with Crippen molar-refractivity contribution in [3.8, 4) is 11.5 Å². The highest BCUT2D eigenvalue weighted by Gasteiger charge is 2.38. The van der Waals surface area contributed by atoms with Gasteiger partial charge >= 0.3 is 12.2 Å². The molecule has 10 heteroatoms. The summed E-state index contributed by atoms with van der Waals surface area (Å²) in [7, 11) is 0. The lowest BCUT2D eigenvalue weighted by molar-refractivity contribution is -0.137. The van der Waals surface area contributed by atoms with Gasteiger partial charge in [0.15, 0.2) is 0 Å². The van der Waals surface area contributed by atoms with Gasteiger partial charge in [-0.1, -0.05) is 35.9 Å². The number of rotatable bonds is 7. The number of urea groups is 1. The molecule has 2 heterocycles. The van der Waals surface area contributed by atoms with Gasteiger partial charge < -0.3 is 19.7 Å². The molecule has 0 radical (unpaired) electrons. The van der Waals surface area contributed by atoms with Crippen molar-refractivity contribution < 1.29 is 27.4 Å². The van der Waals surface area contributed by atoms with Gasteiger partial charge in [-0.3, -0.25) is 4.90 Å². The molecule has 2 aliphatic rings. The second-order valence-corrected chi connectivity index (χ2v) is 10.2. The summed E-state index contributed by atoms with van der Waals surface area (Å²) in [6.07, 6.45) is -4.44. The van der Waals surface area contributed by atoms with Crippen LogP contribution >= 0.6 is 11.6 Å². The van der Waals surface area contributed by atoms with Gasteiger partial charge in [-0.15, -0.1) is 0 Å². The number of carbonyl (C=O) groups is 1. The lowest BCUT2D eigenvalue weighted by atomic mass is 10.00. The van der Waals surface area contributed by atoms with E-state index in [1.165, 1.54) is 6.07 Å². The van der Waals surface area contributed by atoms with Crippen LogP contribution in [0.15, 0.2) is 72.8 Å². The Hall–Kier alpha value is -3.27. The van der Waals surface area contributed by atoms with Crippen molar-refractivity contribution in [2.75, 3.05) is 32.8 Å². The first-order valence-electron chi connectivity index (χ1n) is 12.8. The van der Waals surface area contributed by atoms with Gasteiger partial charge in [0.05, 0.1) is 30.4 Å². The first kappa shape index (κ1) is 27.3. The van der Waals surface area contributed by atoms with E-state index in [0.717, 1.165) is 17.7 Å². The lowest BCUT2D eigenvalue weighted by Gasteiger charge is -2.40. The summed E-state index contributed by atoms with van der Waals surface area (Å²) >= 11 is 5.96. The summed E-state index contributed by atoms with van der Waals surface area (Å²) in [4.78, 5) is 16.9. The Labute approximate surface area is 230 Å². The fourth-order valence-electron chi connectivity index (χ4n) is 5.11. The molecule has 6 nitrogen and oxygen atoms in total. The number of carbonyl (C=O) groups excluding carboxylic acids is 1. The van der Waals surface area contributed by atoms with Gasteiger partial charge in [0, 0.05) is 31.2 Å². The summed E-state index contributed by atoms with van der Waals surface area (Å²) < 4.78 is 51.9. The van der Waals surface area contributed by atoms with Crippen LogP contribution in [-0.4, -0.2) is 54.7 Å². The summed E-state index contributed by atoms with van der Waals surface area (Å²) in [5, 5.41) is 3.44. The molecule has 2 amide bonds. The van der Waals surface area contributed by atoms with Crippen molar-refractivity contribution in [3.05, 3.63) is 94.5 Å². The highest BCUT2D eigenvalue weighted by Crippen LogP contribution is 2.35. The number of hydrogen-bond donors (Lipinski definition) is 1. The van der Waals surface area contributed by atoms with Gasteiger partial charge in [-0.2, -0.15) is 13.2 Å². The normalized spacial score (nSPS) is 21.1. The number of halogens is 4. The Morgan fingerprint density at radius 2 is 1.77 bits per heavy atom. The number of morpholine rings is 1. The van der Waals surface area contributed by atoms with Gasteiger partial charge in [0.1, 0.15) is 11.5 Å². The van der Waals surface area contributed by atoms with Crippen LogP contribution in [0.4, 0.5) is 18.0 Å². The number of alkyl halides is 3. The maximum absolute atomic E-state index is 13.4. The van der Waals surface area contributed by atoms with E-state index in [1.807, 2.05) is 31.2 Å². The van der Waals surface area contributed by atoms with E-state index in [9.17, 15) is 18.0 Å². The van der Waals surface area contributed by atoms with E-state index in [1.54, 1.807) is 35.2 Å². The average molecular weight is 560 g/mol. The third-order valence-corrected chi connectivity index (χ3v) is 7.33. The highest BCUT2D eigenvalue weighted by atomic mass is 35.5. The summed E-state index contributed by atoms with van der Waals surface area (Å²) in [6.45, 7) is 4.43. The lowest BCUT2D eigenvalue weighted by Crippen LogP contribution is -2.47. The smallest absolute Gasteiger partial charge is 0.416 e. The monoisotopic (exact) mass is 559 g/mol. The number of benzene rings is 3. The summed E-state index contributed by atoms with van der Waals surface area (Å²) in [5.74, 6) is 1.30.